The molecular formula is C6H13NOS. The fraction of sp³-hybridized carbons (Fsp3) is 1.00. The molecule has 54 valence electrons. The molecule has 0 aromatic rings. The van der Waals surface area contributed by atoms with Crippen molar-refractivity contribution in [2.45, 2.75) is 11.7 Å². The number of rotatable bonds is 1. The van der Waals surface area contributed by atoms with Gasteiger partial charge in [-0.2, -0.15) is 11.8 Å². The Morgan fingerprint density at radius 2 is 2.56 bits per heavy atom. The highest BCUT2D eigenvalue weighted by molar-refractivity contribution is 8.00. The maximum Gasteiger partial charge on any atom is 0.0587 e. The molecule has 1 unspecified atom stereocenters. The van der Waals surface area contributed by atoms with Crippen molar-refractivity contribution in [2.75, 3.05) is 25.4 Å². The molecule has 2 nitrogen and oxygen atoms in total. The van der Waals surface area contributed by atoms with Crippen molar-refractivity contribution in [3.8, 4) is 0 Å². The first-order valence-corrected chi connectivity index (χ1v) is 4.21. The largest absolute Gasteiger partial charge is 0.395 e. The molecule has 1 aliphatic rings. The van der Waals surface area contributed by atoms with E-state index in [0.29, 0.717) is 0 Å². The van der Waals surface area contributed by atoms with Crippen LogP contribution in [-0.2, 0) is 0 Å². The molecule has 1 aliphatic heterocycles. The van der Waals surface area contributed by atoms with Crippen LogP contribution in [0, 0.1) is 0 Å². The molecule has 2 N–H and O–H groups in total. The van der Waals surface area contributed by atoms with Crippen LogP contribution in [0.15, 0.2) is 0 Å². The lowest BCUT2D eigenvalue weighted by Crippen LogP contribution is -2.43. The fourth-order valence-corrected chi connectivity index (χ4v) is 1.91. The highest BCUT2D eigenvalue weighted by Gasteiger charge is 2.25. The van der Waals surface area contributed by atoms with Gasteiger partial charge in [0.1, 0.15) is 0 Å². The molecule has 0 radical (unpaired) electrons. The van der Waals surface area contributed by atoms with Gasteiger partial charge in [0.15, 0.2) is 0 Å². The Labute approximate surface area is 60.0 Å². The summed E-state index contributed by atoms with van der Waals surface area (Å²) in [5.41, 5.74) is 0. The van der Waals surface area contributed by atoms with Crippen molar-refractivity contribution in [2.24, 2.45) is 0 Å². The standard InChI is InChI=1S/C6H13NOS/c1-6(5-8)4-7-2-3-9-6/h7-8H,2-5H2,1H3. The number of hydrogen-bond donors (Lipinski definition) is 2. The van der Waals surface area contributed by atoms with E-state index in [-0.39, 0.29) is 11.4 Å². The van der Waals surface area contributed by atoms with Crippen LogP contribution in [-0.4, -0.2) is 35.3 Å². The van der Waals surface area contributed by atoms with Gasteiger partial charge in [0.25, 0.3) is 0 Å². The van der Waals surface area contributed by atoms with Gasteiger partial charge in [-0.1, -0.05) is 0 Å². The number of hydrogen-bond acceptors (Lipinski definition) is 3. The Morgan fingerprint density at radius 1 is 1.78 bits per heavy atom. The molecule has 1 heterocycles. The molecule has 9 heavy (non-hydrogen) atoms. The second kappa shape index (κ2) is 2.90. The SMILES string of the molecule is CC1(CO)CNCCS1. The third-order valence-corrected chi connectivity index (χ3v) is 2.94. The predicted molar refractivity (Wildman–Crippen MR) is 40.8 cm³/mol. The van der Waals surface area contributed by atoms with E-state index in [4.69, 9.17) is 5.11 Å². The summed E-state index contributed by atoms with van der Waals surface area (Å²) in [6.45, 7) is 4.39. The number of thioether (sulfide) groups is 1. The molecule has 0 aromatic heterocycles. The van der Waals surface area contributed by atoms with Crippen LogP contribution in [0.1, 0.15) is 6.92 Å². The summed E-state index contributed by atoms with van der Waals surface area (Å²) in [5.74, 6) is 1.12. The van der Waals surface area contributed by atoms with Crippen LogP contribution >= 0.6 is 11.8 Å². The third-order valence-electron chi connectivity index (χ3n) is 1.56. The van der Waals surface area contributed by atoms with Crippen molar-refractivity contribution in [3.63, 3.8) is 0 Å². The maximum absolute atomic E-state index is 8.89. The Balaban J connectivity index is 2.37. The predicted octanol–water partition coefficient (Wildman–Crippen LogP) is 0.0738. The minimum atomic E-state index is 0.0816. The molecule has 0 aliphatic carbocycles. The van der Waals surface area contributed by atoms with Gasteiger partial charge in [0.05, 0.1) is 6.61 Å². The smallest absolute Gasteiger partial charge is 0.0587 e. The summed E-state index contributed by atoms with van der Waals surface area (Å²) in [6.07, 6.45) is 0. The molecule has 0 spiro atoms. The minimum absolute atomic E-state index is 0.0816. The first-order valence-electron chi connectivity index (χ1n) is 3.22. The first-order chi connectivity index (χ1) is 4.27. The lowest BCUT2D eigenvalue weighted by atomic mass is 10.2. The third kappa shape index (κ3) is 1.85. The summed E-state index contributed by atoms with van der Waals surface area (Å²) in [6, 6.07) is 0. The zero-order valence-electron chi connectivity index (χ0n) is 5.68. The highest BCUT2D eigenvalue weighted by atomic mass is 32.2. The van der Waals surface area contributed by atoms with Crippen LogP contribution in [0.5, 0.6) is 0 Å². The van der Waals surface area contributed by atoms with E-state index in [1.54, 1.807) is 0 Å². The Bertz CT molecular complexity index is 91.1. The number of nitrogens with one attached hydrogen (secondary N) is 1. The summed E-state index contributed by atoms with van der Waals surface area (Å²) in [5, 5.41) is 12.1. The van der Waals surface area contributed by atoms with Crippen molar-refractivity contribution in [3.05, 3.63) is 0 Å². The average Bonchev–Trinajstić information content (AvgIpc) is 1.90. The summed E-state index contributed by atoms with van der Waals surface area (Å²) >= 11 is 1.85. The number of aliphatic hydroxyl groups excluding tert-OH is 1. The maximum atomic E-state index is 8.89. The van der Waals surface area contributed by atoms with Crippen molar-refractivity contribution < 1.29 is 5.11 Å². The van der Waals surface area contributed by atoms with Gasteiger partial charge in [-0.15, -0.1) is 0 Å². The van der Waals surface area contributed by atoms with E-state index >= 15 is 0 Å². The molecule has 0 amide bonds. The van der Waals surface area contributed by atoms with Gasteiger partial charge in [-0.3, -0.25) is 0 Å². The highest BCUT2D eigenvalue weighted by Crippen LogP contribution is 2.25. The summed E-state index contributed by atoms with van der Waals surface area (Å²) in [4.78, 5) is 0. The molecular weight excluding hydrogens is 134 g/mol. The summed E-state index contributed by atoms with van der Waals surface area (Å²) < 4.78 is 0.0816. The Hall–Kier alpha value is 0.270. The molecule has 1 rings (SSSR count). The minimum Gasteiger partial charge on any atom is -0.395 e. The molecule has 1 saturated heterocycles. The summed E-state index contributed by atoms with van der Waals surface area (Å²) in [7, 11) is 0. The van der Waals surface area contributed by atoms with E-state index in [9.17, 15) is 0 Å². The normalized spacial score (nSPS) is 36.7. The topological polar surface area (TPSA) is 32.3 Å². The van der Waals surface area contributed by atoms with Crippen LogP contribution in [0.25, 0.3) is 0 Å². The van der Waals surface area contributed by atoms with Crippen molar-refractivity contribution >= 4 is 11.8 Å². The van der Waals surface area contributed by atoms with E-state index in [2.05, 4.69) is 12.2 Å². The van der Waals surface area contributed by atoms with E-state index in [1.165, 1.54) is 0 Å². The second-order valence-electron chi connectivity index (χ2n) is 2.63. The van der Waals surface area contributed by atoms with Gasteiger partial charge in [0.2, 0.25) is 0 Å². The zero-order valence-corrected chi connectivity index (χ0v) is 6.50. The lowest BCUT2D eigenvalue weighted by Gasteiger charge is -2.31. The van der Waals surface area contributed by atoms with Gasteiger partial charge < -0.3 is 10.4 Å². The van der Waals surface area contributed by atoms with Crippen LogP contribution in [0.4, 0.5) is 0 Å². The molecule has 1 fully saturated rings. The van der Waals surface area contributed by atoms with E-state index < -0.39 is 0 Å². The van der Waals surface area contributed by atoms with E-state index in [1.807, 2.05) is 11.8 Å². The van der Waals surface area contributed by atoms with Crippen molar-refractivity contribution in [1.29, 1.82) is 0 Å². The quantitative estimate of drug-likeness (QED) is 0.550. The molecule has 0 saturated carbocycles. The molecule has 0 bridgehead atoms. The number of aliphatic hydroxyl groups is 1. The lowest BCUT2D eigenvalue weighted by molar-refractivity contribution is 0.251. The zero-order chi connectivity index (χ0) is 6.74. The monoisotopic (exact) mass is 147 g/mol. The molecule has 0 aromatic carbocycles. The van der Waals surface area contributed by atoms with Gasteiger partial charge >= 0.3 is 0 Å². The van der Waals surface area contributed by atoms with E-state index in [0.717, 1.165) is 18.8 Å². The van der Waals surface area contributed by atoms with Gasteiger partial charge in [-0.25, -0.2) is 0 Å². The second-order valence-corrected chi connectivity index (χ2v) is 4.32. The van der Waals surface area contributed by atoms with Crippen LogP contribution in [0.2, 0.25) is 0 Å². The van der Waals surface area contributed by atoms with Crippen LogP contribution < -0.4 is 5.32 Å². The first kappa shape index (κ1) is 7.38. The fourth-order valence-electron chi connectivity index (χ4n) is 0.875. The molecule has 3 heteroatoms. The van der Waals surface area contributed by atoms with Gasteiger partial charge in [-0.05, 0) is 6.92 Å². The van der Waals surface area contributed by atoms with Gasteiger partial charge in [0, 0.05) is 23.6 Å². The Morgan fingerprint density at radius 3 is 2.89 bits per heavy atom. The Kier molecular flexibility index (Phi) is 2.38. The average molecular weight is 147 g/mol. The van der Waals surface area contributed by atoms with Crippen LogP contribution in [0.3, 0.4) is 0 Å². The van der Waals surface area contributed by atoms with Crippen molar-refractivity contribution in [1.82, 2.24) is 5.32 Å². The molecule has 1 atom stereocenters.